The number of phosphoric ester groups is 1. The van der Waals surface area contributed by atoms with E-state index in [0.29, 0.717) is 0 Å². The Balaban J connectivity index is 1.45. The van der Waals surface area contributed by atoms with Crippen molar-refractivity contribution in [2.24, 2.45) is 0 Å². The minimum atomic E-state index is -4.11. The number of carbonyl (C=O) groups excluding carboxylic acids is 1. The normalized spacial score (nSPS) is 31.7. The van der Waals surface area contributed by atoms with E-state index in [4.69, 9.17) is 28.8 Å². The number of aromatic nitrogens is 4. The maximum Gasteiger partial charge on any atom is 0.475 e. The van der Waals surface area contributed by atoms with Crippen molar-refractivity contribution >= 4 is 30.9 Å². The van der Waals surface area contributed by atoms with E-state index in [1.807, 2.05) is 0 Å². The van der Waals surface area contributed by atoms with Crippen LogP contribution in [0.2, 0.25) is 0 Å². The summed E-state index contributed by atoms with van der Waals surface area (Å²) in [6.07, 6.45) is -2.29. The molecule has 0 aliphatic carbocycles. The maximum atomic E-state index is 15.9. The zero-order chi connectivity index (χ0) is 24.0. The Labute approximate surface area is 187 Å². The van der Waals surface area contributed by atoms with Crippen molar-refractivity contribution in [1.29, 1.82) is 0 Å². The number of nitrogen functional groups attached to an aromatic ring is 1. The standard InChI is InChI=1S/C18H25FN5O8P/c1-9(2)30-11(25)5-4-6-28-33(27)29-7-10-13(32-33)18(3,19)16(31-10)24-8-21-12-14(24)22-17(20)23-15(12)26/h8-10,13,16H,4-7H2,1-3H3,(H3,20,22,23,26)/t10-,13-,16-,18-,33-/m1/s1. The van der Waals surface area contributed by atoms with Gasteiger partial charge in [0.1, 0.15) is 12.2 Å². The Morgan fingerprint density at radius 1 is 1.52 bits per heavy atom. The van der Waals surface area contributed by atoms with Gasteiger partial charge in [0.15, 0.2) is 23.1 Å². The molecule has 15 heteroatoms. The number of esters is 1. The summed E-state index contributed by atoms with van der Waals surface area (Å²) < 4.78 is 56.7. The Bertz CT molecular complexity index is 1150. The number of rotatable bonds is 7. The Kier molecular flexibility index (Phi) is 6.31. The van der Waals surface area contributed by atoms with Crippen molar-refractivity contribution < 1.29 is 36.8 Å². The molecule has 4 rings (SSSR count). The average Bonchev–Trinajstić information content (AvgIpc) is 3.23. The molecule has 3 N–H and O–H groups in total. The number of hydrogen-bond donors (Lipinski definition) is 2. The van der Waals surface area contributed by atoms with Gasteiger partial charge in [-0.25, -0.2) is 13.9 Å². The number of alkyl halides is 1. The molecular formula is C18H25FN5O8P. The lowest BCUT2D eigenvalue weighted by Gasteiger charge is -2.33. The summed E-state index contributed by atoms with van der Waals surface area (Å²) in [5.41, 5.74) is 2.78. The summed E-state index contributed by atoms with van der Waals surface area (Å²) in [5, 5.41) is 0. The van der Waals surface area contributed by atoms with E-state index in [-0.39, 0.29) is 49.3 Å². The second-order valence-electron chi connectivity index (χ2n) is 8.20. The summed E-state index contributed by atoms with van der Waals surface area (Å²) in [5.74, 6) is -0.582. The summed E-state index contributed by atoms with van der Waals surface area (Å²) >= 11 is 0. The number of halogens is 1. The SMILES string of the molecule is CC(C)OC(=O)CCCO[P@]1(=O)OC[C@H]2O[C@@H](n3cnc4c(=O)[nH]c(N)nc43)[C@](C)(F)[C@@H]2O1. The number of nitrogens with two attached hydrogens (primary N) is 1. The van der Waals surface area contributed by atoms with E-state index in [1.54, 1.807) is 13.8 Å². The molecule has 2 aromatic rings. The highest BCUT2D eigenvalue weighted by atomic mass is 31.2. The number of nitrogens with one attached hydrogen (secondary N) is 1. The van der Waals surface area contributed by atoms with E-state index in [1.165, 1.54) is 17.8 Å². The quantitative estimate of drug-likeness (QED) is 0.329. The summed E-state index contributed by atoms with van der Waals surface area (Å²) in [6.45, 7) is 4.30. The van der Waals surface area contributed by atoms with E-state index in [9.17, 15) is 14.2 Å². The van der Waals surface area contributed by atoms with Crippen LogP contribution in [0.1, 0.15) is 39.8 Å². The van der Waals surface area contributed by atoms with Crippen molar-refractivity contribution in [3.63, 3.8) is 0 Å². The van der Waals surface area contributed by atoms with Crippen molar-refractivity contribution in [3.05, 3.63) is 16.7 Å². The fourth-order valence-corrected chi connectivity index (χ4v) is 5.24. The molecule has 0 aromatic carbocycles. The molecule has 0 amide bonds. The van der Waals surface area contributed by atoms with Gasteiger partial charge in [0.2, 0.25) is 5.95 Å². The minimum absolute atomic E-state index is 0.0254. The third kappa shape index (κ3) is 4.66. The highest BCUT2D eigenvalue weighted by Gasteiger charge is 2.61. The lowest BCUT2D eigenvalue weighted by atomic mass is 9.98. The molecule has 2 aromatic heterocycles. The number of aromatic amines is 1. The third-order valence-corrected chi connectivity index (χ3v) is 6.61. The van der Waals surface area contributed by atoms with Crippen molar-refractivity contribution in [2.75, 3.05) is 18.9 Å². The topological polar surface area (TPSA) is 170 Å². The lowest BCUT2D eigenvalue weighted by molar-refractivity contribution is -0.147. The van der Waals surface area contributed by atoms with E-state index in [2.05, 4.69) is 15.0 Å². The molecule has 33 heavy (non-hydrogen) atoms. The van der Waals surface area contributed by atoms with Gasteiger partial charge in [0.25, 0.3) is 5.56 Å². The Hall–Kier alpha value is -2.38. The predicted octanol–water partition coefficient (Wildman–Crippen LogP) is 1.60. The zero-order valence-electron chi connectivity index (χ0n) is 18.2. The molecule has 0 saturated carbocycles. The molecule has 2 fully saturated rings. The van der Waals surface area contributed by atoms with Crippen LogP contribution in [-0.2, 0) is 32.4 Å². The number of fused-ring (bicyclic) bond motifs is 2. The highest BCUT2D eigenvalue weighted by Crippen LogP contribution is 2.59. The van der Waals surface area contributed by atoms with Crippen LogP contribution in [0.25, 0.3) is 11.2 Å². The Morgan fingerprint density at radius 3 is 3.00 bits per heavy atom. The lowest BCUT2D eigenvalue weighted by Crippen LogP contribution is -2.44. The van der Waals surface area contributed by atoms with Crippen molar-refractivity contribution in [2.45, 2.75) is 63.8 Å². The number of nitrogens with zero attached hydrogens (tertiary/aromatic N) is 3. The van der Waals surface area contributed by atoms with Crippen LogP contribution < -0.4 is 11.3 Å². The van der Waals surface area contributed by atoms with Crippen molar-refractivity contribution in [3.8, 4) is 0 Å². The number of H-pyrrole nitrogens is 1. The van der Waals surface area contributed by atoms with Gasteiger partial charge in [-0.2, -0.15) is 4.98 Å². The number of imidazole rings is 1. The molecule has 13 nitrogen and oxygen atoms in total. The molecule has 0 bridgehead atoms. The fraction of sp³-hybridized carbons (Fsp3) is 0.667. The molecule has 182 valence electrons. The van der Waals surface area contributed by atoms with Gasteiger partial charge in [-0.3, -0.25) is 32.7 Å². The molecule has 2 aliphatic rings. The number of anilines is 1. The number of ether oxygens (including phenoxy) is 2. The van der Waals surface area contributed by atoms with Crippen LogP contribution in [0.5, 0.6) is 0 Å². The van der Waals surface area contributed by atoms with E-state index < -0.39 is 43.5 Å². The van der Waals surface area contributed by atoms with Gasteiger partial charge in [0, 0.05) is 6.42 Å². The largest absolute Gasteiger partial charge is 0.475 e. The molecular weight excluding hydrogens is 464 g/mol. The molecule has 0 radical (unpaired) electrons. The first kappa shape index (κ1) is 23.8. The first-order chi connectivity index (χ1) is 15.5. The molecule has 2 aliphatic heterocycles. The van der Waals surface area contributed by atoms with Crippen LogP contribution in [0.15, 0.2) is 11.1 Å². The van der Waals surface area contributed by atoms with Crippen LogP contribution in [0, 0.1) is 0 Å². The number of hydrogen-bond acceptors (Lipinski definition) is 11. The average molecular weight is 489 g/mol. The highest BCUT2D eigenvalue weighted by molar-refractivity contribution is 7.48. The van der Waals surface area contributed by atoms with Crippen LogP contribution in [0.3, 0.4) is 0 Å². The van der Waals surface area contributed by atoms with Crippen LogP contribution >= 0.6 is 7.82 Å². The fourth-order valence-electron chi connectivity index (χ4n) is 3.74. The van der Waals surface area contributed by atoms with E-state index in [0.717, 1.165) is 0 Å². The first-order valence-corrected chi connectivity index (χ1v) is 11.8. The monoisotopic (exact) mass is 489 g/mol. The second kappa shape index (κ2) is 8.76. The van der Waals surface area contributed by atoms with Gasteiger partial charge in [-0.1, -0.05) is 0 Å². The number of phosphoric acid groups is 1. The van der Waals surface area contributed by atoms with Gasteiger partial charge in [-0.05, 0) is 27.2 Å². The minimum Gasteiger partial charge on any atom is -0.463 e. The van der Waals surface area contributed by atoms with E-state index >= 15 is 4.39 Å². The van der Waals surface area contributed by atoms with Gasteiger partial charge < -0.3 is 15.2 Å². The van der Waals surface area contributed by atoms with Gasteiger partial charge >= 0.3 is 13.8 Å². The summed E-state index contributed by atoms with van der Waals surface area (Å²) in [6, 6.07) is 0. The smallest absolute Gasteiger partial charge is 0.463 e. The number of carbonyl (C=O) groups is 1. The molecule has 0 unspecified atom stereocenters. The predicted molar refractivity (Wildman–Crippen MR) is 111 cm³/mol. The third-order valence-electron chi connectivity index (χ3n) is 5.17. The summed E-state index contributed by atoms with van der Waals surface area (Å²) in [7, 11) is -4.11. The Morgan fingerprint density at radius 2 is 2.27 bits per heavy atom. The molecule has 0 spiro atoms. The first-order valence-electron chi connectivity index (χ1n) is 10.3. The van der Waals surface area contributed by atoms with Gasteiger partial charge in [-0.15, -0.1) is 0 Å². The zero-order valence-corrected chi connectivity index (χ0v) is 19.1. The van der Waals surface area contributed by atoms with Crippen molar-refractivity contribution in [1.82, 2.24) is 19.5 Å². The van der Waals surface area contributed by atoms with Gasteiger partial charge in [0.05, 0.1) is 25.6 Å². The molecule has 2 saturated heterocycles. The maximum absolute atomic E-state index is 15.9. The van der Waals surface area contributed by atoms with Crippen LogP contribution in [0.4, 0.5) is 10.3 Å². The molecule has 5 atom stereocenters. The summed E-state index contributed by atoms with van der Waals surface area (Å²) in [4.78, 5) is 33.9. The second-order valence-corrected chi connectivity index (χ2v) is 9.82. The molecule has 4 heterocycles. The van der Waals surface area contributed by atoms with Crippen LogP contribution in [-0.4, -0.2) is 62.7 Å².